The van der Waals surface area contributed by atoms with Gasteiger partial charge in [-0.3, -0.25) is 5.10 Å². The van der Waals surface area contributed by atoms with E-state index in [2.05, 4.69) is 15.2 Å². The van der Waals surface area contributed by atoms with Gasteiger partial charge in [0, 0.05) is 5.69 Å². The van der Waals surface area contributed by atoms with Crippen LogP contribution < -0.4 is 15.2 Å². The van der Waals surface area contributed by atoms with Crippen LogP contribution in [-0.4, -0.2) is 22.0 Å². The van der Waals surface area contributed by atoms with Crippen LogP contribution in [0.1, 0.15) is 5.69 Å². The molecule has 0 atom stereocenters. The first-order valence-corrected chi connectivity index (χ1v) is 6.23. The Bertz CT molecular complexity index is 825. The smallest absolute Gasteiger partial charge is 0.231 e. The normalized spacial score (nSPS) is 13.1. The number of ether oxygens (including phenoxy) is 2. The molecule has 6 nitrogen and oxygen atoms in total. The lowest BCUT2D eigenvalue weighted by atomic mass is 10.0. The second kappa shape index (κ2) is 3.86. The fourth-order valence-corrected chi connectivity index (χ4v) is 2.46. The monoisotopic (exact) mass is 268 g/mol. The summed E-state index contributed by atoms with van der Waals surface area (Å²) in [7, 11) is 0. The summed E-state index contributed by atoms with van der Waals surface area (Å²) in [6.07, 6.45) is 0. The summed E-state index contributed by atoms with van der Waals surface area (Å²) < 4.78 is 10.8. The standard InChI is InChI=1S/C14H12N4O2/c1-7-4-9(12-13(15)17-18-14(12)16-7)8-2-3-10-11(5-8)20-6-19-10/h2-5H,6H2,1H3,(H3,15,16,17,18). The zero-order chi connectivity index (χ0) is 13.7. The molecule has 0 radical (unpaired) electrons. The summed E-state index contributed by atoms with van der Waals surface area (Å²) in [5.41, 5.74) is 9.45. The van der Waals surface area contributed by atoms with E-state index < -0.39 is 0 Å². The highest BCUT2D eigenvalue weighted by Gasteiger charge is 2.17. The van der Waals surface area contributed by atoms with Gasteiger partial charge in [0.15, 0.2) is 17.1 Å². The fourth-order valence-electron chi connectivity index (χ4n) is 2.46. The predicted octanol–water partition coefficient (Wildman–Crippen LogP) is 2.24. The van der Waals surface area contributed by atoms with E-state index in [4.69, 9.17) is 15.2 Å². The second-order valence-electron chi connectivity index (χ2n) is 4.72. The summed E-state index contributed by atoms with van der Waals surface area (Å²) >= 11 is 0. The summed E-state index contributed by atoms with van der Waals surface area (Å²) in [6.45, 7) is 2.19. The molecule has 2 aromatic heterocycles. The zero-order valence-electron chi connectivity index (χ0n) is 10.8. The summed E-state index contributed by atoms with van der Waals surface area (Å²) in [6, 6.07) is 7.82. The van der Waals surface area contributed by atoms with Crippen molar-refractivity contribution in [2.24, 2.45) is 0 Å². The first-order chi connectivity index (χ1) is 9.72. The van der Waals surface area contributed by atoms with Crippen molar-refractivity contribution in [1.29, 1.82) is 0 Å². The Labute approximate surface area is 114 Å². The average Bonchev–Trinajstić information content (AvgIpc) is 3.04. The third-order valence-electron chi connectivity index (χ3n) is 3.36. The van der Waals surface area contributed by atoms with E-state index in [1.165, 1.54) is 0 Å². The summed E-state index contributed by atoms with van der Waals surface area (Å²) in [4.78, 5) is 4.38. The van der Waals surface area contributed by atoms with E-state index in [1.54, 1.807) is 0 Å². The minimum absolute atomic E-state index is 0.261. The highest BCUT2D eigenvalue weighted by Crippen LogP contribution is 2.38. The minimum Gasteiger partial charge on any atom is -0.454 e. The van der Waals surface area contributed by atoms with Crippen LogP contribution in [-0.2, 0) is 0 Å². The molecule has 4 rings (SSSR count). The number of pyridine rings is 1. The van der Waals surface area contributed by atoms with Crippen LogP contribution in [0.3, 0.4) is 0 Å². The van der Waals surface area contributed by atoms with Gasteiger partial charge in [-0.25, -0.2) is 4.98 Å². The maximum atomic E-state index is 5.96. The van der Waals surface area contributed by atoms with Crippen LogP contribution in [0.25, 0.3) is 22.2 Å². The van der Waals surface area contributed by atoms with Crippen molar-refractivity contribution in [3.63, 3.8) is 0 Å². The third-order valence-corrected chi connectivity index (χ3v) is 3.36. The average molecular weight is 268 g/mol. The lowest BCUT2D eigenvalue weighted by Crippen LogP contribution is -1.93. The van der Waals surface area contributed by atoms with Crippen LogP contribution in [0, 0.1) is 6.92 Å². The number of rotatable bonds is 1. The van der Waals surface area contributed by atoms with Crippen molar-refractivity contribution in [2.75, 3.05) is 12.5 Å². The molecule has 3 aromatic rings. The van der Waals surface area contributed by atoms with Gasteiger partial charge in [0.1, 0.15) is 5.82 Å². The van der Waals surface area contributed by atoms with Gasteiger partial charge in [-0.15, -0.1) is 0 Å². The molecule has 0 saturated carbocycles. The molecule has 1 aliphatic rings. The SMILES string of the molecule is Cc1cc(-c2ccc3c(c2)OCO3)c2c(N)[nH]nc2n1. The number of H-pyrrole nitrogens is 1. The molecule has 6 heteroatoms. The molecule has 0 amide bonds. The molecule has 0 aliphatic carbocycles. The number of nitrogens with two attached hydrogens (primary N) is 1. The first-order valence-electron chi connectivity index (χ1n) is 6.23. The molecule has 0 fully saturated rings. The lowest BCUT2D eigenvalue weighted by molar-refractivity contribution is 0.174. The Morgan fingerprint density at radius 2 is 2.05 bits per heavy atom. The zero-order valence-corrected chi connectivity index (χ0v) is 10.8. The second-order valence-corrected chi connectivity index (χ2v) is 4.72. The van der Waals surface area contributed by atoms with Gasteiger partial charge in [0.2, 0.25) is 6.79 Å². The van der Waals surface area contributed by atoms with Crippen LogP contribution in [0.5, 0.6) is 11.5 Å². The van der Waals surface area contributed by atoms with E-state index in [1.807, 2.05) is 31.2 Å². The van der Waals surface area contributed by atoms with Gasteiger partial charge in [0.25, 0.3) is 0 Å². The molecule has 20 heavy (non-hydrogen) atoms. The van der Waals surface area contributed by atoms with E-state index in [-0.39, 0.29) is 6.79 Å². The first kappa shape index (κ1) is 11.1. The molecule has 0 spiro atoms. The molecule has 100 valence electrons. The highest BCUT2D eigenvalue weighted by molar-refractivity contribution is 6.00. The van der Waals surface area contributed by atoms with Crippen LogP contribution in [0.4, 0.5) is 5.82 Å². The van der Waals surface area contributed by atoms with Gasteiger partial charge in [-0.1, -0.05) is 6.07 Å². The Kier molecular flexibility index (Phi) is 2.14. The number of hydrogen-bond acceptors (Lipinski definition) is 5. The predicted molar refractivity (Wildman–Crippen MR) is 74.6 cm³/mol. The maximum Gasteiger partial charge on any atom is 0.231 e. The molecule has 0 unspecified atom stereocenters. The number of anilines is 1. The Morgan fingerprint density at radius 1 is 1.20 bits per heavy atom. The molecule has 1 aromatic carbocycles. The maximum absolute atomic E-state index is 5.96. The van der Waals surface area contributed by atoms with E-state index in [9.17, 15) is 0 Å². The van der Waals surface area contributed by atoms with Gasteiger partial charge in [-0.2, -0.15) is 5.10 Å². The number of nitrogen functional groups attached to an aromatic ring is 1. The van der Waals surface area contributed by atoms with Crippen LogP contribution in [0.15, 0.2) is 24.3 Å². The van der Waals surface area contributed by atoms with Gasteiger partial charge < -0.3 is 15.2 Å². The van der Waals surface area contributed by atoms with Gasteiger partial charge in [0.05, 0.1) is 5.39 Å². The van der Waals surface area contributed by atoms with E-state index in [0.29, 0.717) is 11.5 Å². The van der Waals surface area contributed by atoms with Crippen molar-refractivity contribution >= 4 is 16.9 Å². The van der Waals surface area contributed by atoms with Gasteiger partial charge >= 0.3 is 0 Å². The number of aryl methyl sites for hydroxylation is 1. The summed E-state index contributed by atoms with van der Waals surface area (Å²) in [5.74, 6) is 2.02. The molecule has 1 aliphatic heterocycles. The number of nitrogens with one attached hydrogen (secondary N) is 1. The van der Waals surface area contributed by atoms with Crippen LogP contribution in [0.2, 0.25) is 0 Å². The fraction of sp³-hybridized carbons (Fsp3) is 0.143. The van der Waals surface area contributed by atoms with E-state index in [0.717, 1.165) is 33.7 Å². The molecule has 0 saturated heterocycles. The third kappa shape index (κ3) is 1.51. The van der Waals surface area contributed by atoms with Gasteiger partial charge in [-0.05, 0) is 36.2 Å². The van der Waals surface area contributed by atoms with Crippen molar-refractivity contribution in [2.45, 2.75) is 6.92 Å². The summed E-state index contributed by atoms with van der Waals surface area (Å²) in [5, 5.41) is 7.72. The minimum atomic E-state index is 0.261. The molecule has 3 heterocycles. The lowest BCUT2D eigenvalue weighted by Gasteiger charge is -2.06. The number of fused-ring (bicyclic) bond motifs is 2. The van der Waals surface area contributed by atoms with Crippen molar-refractivity contribution in [1.82, 2.24) is 15.2 Å². The Morgan fingerprint density at radius 3 is 2.95 bits per heavy atom. The largest absolute Gasteiger partial charge is 0.454 e. The number of benzene rings is 1. The Hall–Kier alpha value is -2.76. The topological polar surface area (TPSA) is 86.0 Å². The quantitative estimate of drug-likeness (QED) is 0.707. The van der Waals surface area contributed by atoms with Crippen molar-refractivity contribution < 1.29 is 9.47 Å². The number of hydrogen-bond donors (Lipinski definition) is 2. The number of aromatic amines is 1. The number of aromatic nitrogens is 3. The van der Waals surface area contributed by atoms with Crippen molar-refractivity contribution in [3.8, 4) is 22.6 Å². The molecule has 3 N–H and O–H groups in total. The van der Waals surface area contributed by atoms with Crippen molar-refractivity contribution in [3.05, 3.63) is 30.0 Å². The van der Waals surface area contributed by atoms with E-state index >= 15 is 0 Å². The van der Waals surface area contributed by atoms with Crippen LogP contribution >= 0.6 is 0 Å². The molecule has 0 bridgehead atoms. The number of nitrogens with zero attached hydrogens (tertiary/aromatic N) is 2. The Balaban J connectivity index is 2.00. The highest BCUT2D eigenvalue weighted by atomic mass is 16.7. The molecular formula is C14H12N4O2. The molecular weight excluding hydrogens is 256 g/mol.